The van der Waals surface area contributed by atoms with Gasteiger partial charge in [0.15, 0.2) is 6.10 Å². The number of unbranched alkanes of at least 4 members (excludes halogenated alkanes) is 5. The molecule has 0 aliphatic carbocycles. The molecule has 1 N–H and O–H groups in total. The van der Waals surface area contributed by atoms with E-state index in [4.69, 9.17) is 4.43 Å². The Bertz CT molecular complexity index is 884. The second-order valence-electron chi connectivity index (χ2n) is 9.47. The Morgan fingerprint density at radius 3 is 1.73 bits per heavy atom. The molecule has 0 fully saturated rings. The standard InChI is InChI=1S/C30H40O2Si/c1-5-6-7-8-13-20-27(31)21-14-9-10-19-26-32-33(30(2,3)4,28-22-15-11-16-23-28)29-24-17-12-18-25-29/h11-12,15-18,22-25,27,31H,5-10,19,26H2,1-4H3/t27-/m1/s1. The Hall–Kier alpha value is -2.30. The zero-order valence-corrected chi connectivity index (χ0v) is 21.9. The zero-order valence-electron chi connectivity index (χ0n) is 20.9. The molecule has 0 spiro atoms. The molecule has 0 saturated heterocycles. The van der Waals surface area contributed by atoms with Crippen LogP contribution in [0.15, 0.2) is 60.7 Å². The first-order chi connectivity index (χ1) is 15.9. The van der Waals surface area contributed by atoms with E-state index in [0.717, 1.165) is 32.1 Å². The number of hydrogen-bond acceptors (Lipinski definition) is 2. The fourth-order valence-corrected chi connectivity index (χ4v) is 8.75. The molecule has 1 atom stereocenters. The topological polar surface area (TPSA) is 29.5 Å². The molecule has 0 bridgehead atoms. The highest BCUT2D eigenvalue weighted by Gasteiger charge is 2.49. The summed E-state index contributed by atoms with van der Waals surface area (Å²) in [5.41, 5.74) is 0. The number of aliphatic hydroxyl groups is 1. The van der Waals surface area contributed by atoms with Crippen LogP contribution in [0.4, 0.5) is 0 Å². The molecule has 0 aromatic heterocycles. The van der Waals surface area contributed by atoms with Crippen molar-refractivity contribution in [1.82, 2.24) is 0 Å². The highest BCUT2D eigenvalue weighted by molar-refractivity contribution is 6.99. The third-order valence-electron chi connectivity index (χ3n) is 5.81. The van der Waals surface area contributed by atoms with Crippen molar-refractivity contribution in [3.05, 3.63) is 60.7 Å². The fraction of sp³-hybridized carbons (Fsp3) is 0.467. The number of hydrogen-bond donors (Lipinski definition) is 1. The zero-order chi connectivity index (χ0) is 24.0. The SMILES string of the molecule is CCCCCC#C[C@@H](O)C#CCCCCO[Si](c1ccccc1)(c1ccccc1)C(C)(C)C. The maximum atomic E-state index is 9.89. The minimum absolute atomic E-state index is 0.00454. The molecule has 3 heteroatoms. The highest BCUT2D eigenvalue weighted by atomic mass is 28.4. The minimum Gasteiger partial charge on any atom is -0.407 e. The molecule has 0 unspecified atom stereocenters. The van der Waals surface area contributed by atoms with Gasteiger partial charge in [-0.3, -0.25) is 0 Å². The smallest absolute Gasteiger partial charge is 0.261 e. The maximum Gasteiger partial charge on any atom is 0.261 e. The van der Waals surface area contributed by atoms with E-state index in [0.29, 0.717) is 6.61 Å². The van der Waals surface area contributed by atoms with Gasteiger partial charge in [-0.1, -0.05) is 125 Å². The van der Waals surface area contributed by atoms with Crippen LogP contribution >= 0.6 is 0 Å². The van der Waals surface area contributed by atoms with E-state index in [9.17, 15) is 5.11 Å². The van der Waals surface area contributed by atoms with E-state index in [1.165, 1.54) is 23.2 Å². The van der Waals surface area contributed by atoms with Crippen LogP contribution < -0.4 is 10.4 Å². The second-order valence-corrected chi connectivity index (χ2v) is 13.8. The molecule has 0 aliphatic heterocycles. The monoisotopic (exact) mass is 460 g/mol. The minimum atomic E-state index is -2.45. The van der Waals surface area contributed by atoms with Crippen molar-refractivity contribution in [2.75, 3.05) is 6.61 Å². The molecule has 2 rings (SSSR count). The van der Waals surface area contributed by atoms with Gasteiger partial charge in [0, 0.05) is 19.4 Å². The average molecular weight is 461 g/mol. The van der Waals surface area contributed by atoms with E-state index in [1.54, 1.807) is 0 Å². The van der Waals surface area contributed by atoms with Crippen molar-refractivity contribution in [1.29, 1.82) is 0 Å². The molecule has 0 aliphatic rings. The van der Waals surface area contributed by atoms with Crippen molar-refractivity contribution < 1.29 is 9.53 Å². The van der Waals surface area contributed by atoms with Gasteiger partial charge < -0.3 is 9.53 Å². The Kier molecular flexibility index (Phi) is 11.5. The quantitative estimate of drug-likeness (QED) is 0.281. The van der Waals surface area contributed by atoms with E-state index in [2.05, 4.69) is 112 Å². The molecule has 0 heterocycles. The van der Waals surface area contributed by atoms with Crippen LogP contribution in [0, 0.1) is 23.7 Å². The van der Waals surface area contributed by atoms with Gasteiger partial charge in [-0.2, -0.15) is 0 Å². The summed E-state index contributed by atoms with van der Waals surface area (Å²) >= 11 is 0. The number of rotatable bonds is 10. The van der Waals surface area contributed by atoms with Crippen molar-refractivity contribution in [2.45, 2.75) is 83.8 Å². The largest absolute Gasteiger partial charge is 0.407 e. The Labute approximate surface area is 202 Å². The lowest BCUT2D eigenvalue weighted by molar-refractivity contribution is 0.288. The third-order valence-corrected chi connectivity index (χ3v) is 10.9. The first kappa shape index (κ1) is 26.9. The number of aliphatic hydroxyl groups excluding tert-OH is 1. The molecular weight excluding hydrogens is 420 g/mol. The van der Waals surface area contributed by atoms with Crippen molar-refractivity contribution in [3.63, 3.8) is 0 Å². The average Bonchev–Trinajstić information content (AvgIpc) is 2.81. The number of benzene rings is 2. The molecule has 176 valence electrons. The lowest BCUT2D eigenvalue weighted by atomic mass is 10.2. The summed E-state index contributed by atoms with van der Waals surface area (Å²) in [5, 5.41) is 12.5. The molecule has 2 aromatic rings. The fourth-order valence-electron chi connectivity index (χ4n) is 4.14. The van der Waals surface area contributed by atoms with Gasteiger partial charge in [0.1, 0.15) is 0 Å². The van der Waals surface area contributed by atoms with Gasteiger partial charge >= 0.3 is 0 Å². The van der Waals surface area contributed by atoms with Crippen LogP contribution in [0.5, 0.6) is 0 Å². The van der Waals surface area contributed by atoms with Gasteiger partial charge in [0.25, 0.3) is 8.32 Å². The van der Waals surface area contributed by atoms with Crippen LogP contribution in [0.1, 0.15) is 72.6 Å². The highest BCUT2D eigenvalue weighted by Crippen LogP contribution is 2.36. The normalized spacial score (nSPS) is 12.3. The summed E-state index contributed by atoms with van der Waals surface area (Å²) in [4.78, 5) is 0. The van der Waals surface area contributed by atoms with E-state index in [1.807, 2.05) is 0 Å². The first-order valence-electron chi connectivity index (χ1n) is 12.3. The van der Waals surface area contributed by atoms with E-state index < -0.39 is 14.4 Å². The molecule has 33 heavy (non-hydrogen) atoms. The van der Waals surface area contributed by atoms with E-state index >= 15 is 0 Å². The Morgan fingerprint density at radius 2 is 1.27 bits per heavy atom. The third kappa shape index (κ3) is 8.20. The second kappa shape index (κ2) is 14.1. The molecular formula is C30H40O2Si. The Morgan fingerprint density at radius 1 is 0.788 bits per heavy atom. The Balaban J connectivity index is 1.98. The maximum absolute atomic E-state index is 9.89. The summed E-state index contributed by atoms with van der Waals surface area (Å²) in [6.07, 6.45) is 6.11. The molecule has 2 aromatic carbocycles. The summed E-state index contributed by atoms with van der Waals surface area (Å²) in [7, 11) is -2.45. The van der Waals surface area contributed by atoms with Gasteiger partial charge in [0.2, 0.25) is 0 Å². The summed E-state index contributed by atoms with van der Waals surface area (Å²) in [5.74, 6) is 11.8. The van der Waals surface area contributed by atoms with Gasteiger partial charge in [-0.15, -0.1) is 0 Å². The van der Waals surface area contributed by atoms with Crippen LogP contribution in [-0.2, 0) is 4.43 Å². The summed E-state index contributed by atoms with van der Waals surface area (Å²) < 4.78 is 6.90. The molecule has 0 radical (unpaired) electrons. The van der Waals surface area contributed by atoms with E-state index in [-0.39, 0.29) is 5.04 Å². The molecule has 2 nitrogen and oxygen atoms in total. The van der Waals surface area contributed by atoms with Crippen LogP contribution in [0.2, 0.25) is 5.04 Å². The lowest BCUT2D eigenvalue weighted by Gasteiger charge is -2.43. The van der Waals surface area contributed by atoms with Crippen molar-refractivity contribution in [2.24, 2.45) is 0 Å². The van der Waals surface area contributed by atoms with Gasteiger partial charge in [-0.25, -0.2) is 0 Å². The predicted octanol–water partition coefficient (Wildman–Crippen LogP) is 5.68. The van der Waals surface area contributed by atoms with Gasteiger partial charge in [-0.05, 0) is 34.7 Å². The predicted molar refractivity (Wildman–Crippen MR) is 143 cm³/mol. The first-order valence-corrected chi connectivity index (χ1v) is 14.2. The van der Waals surface area contributed by atoms with Crippen LogP contribution in [-0.4, -0.2) is 26.1 Å². The van der Waals surface area contributed by atoms with Crippen LogP contribution in [0.3, 0.4) is 0 Å². The summed E-state index contributed by atoms with van der Waals surface area (Å²) in [6.45, 7) is 9.78. The molecule has 0 amide bonds. The van der Waals surface area contributed by atoms with Gasteiger partial charge in [0.05, 0.1) is 0 Å². The van der Waals surface area contributed by atoms with Crippen LogP contribution in [0.25, 0.3) is 0 Å². The summed E-state index contributed by atoms with van der Waals surface area (Å²) in [6, 6.07) is 21.5. The van der Waals surface area contributed by atoms with Crippen molar-refractivity contribution in [3.8, 4) is 23.7 Å². The molecule has 0 saturated carbocycles. The lowest BCUT2D eigenvalue weighted by Crippen LogP contribution is -2.66. The van der Waals surface area contributed by atoms with Crippen molar-refractivity contribution >= 4 is 18.7 Å².